The van der Waals surface area contributed by atoms with Crippen LogP contribution in [0.5, 0.6) is 0 Å². The molecule has 0 aliphatic heterocycles. The fraction of sp³-hybridized carbons (Fsp3) is 0.364. The van der Waals surface area contributed by atoms with E-state index in [0.717, 1.165) is 0 Å². The lowest BCUT2D eigenvalue weighted by atomic mass is 10.1. The van der Waals surface area contributed by atoms with Crippen LogP contribution < -0.4 is 16.4 Å². The fourth-order valence-corrected chi connectivity index (χ4v) is 1.33. The van der Waals surface area contributed by atoms with E-state index in [2.05, 4.69) is 10.6 Å². The summed E-state index contributed by atoms with van der Waals surface area (Å²) in [6.07, 6.45) is 1.29. The fourth-order valence-electron chi connectivity index (χ4n) is 1.33. The lowest BCUT2D eigenvalue weighted by Crippen LogP contribution is -2.46. The van der Waals surface area contributed by atoms with E-state index in [1.165, 1.54) is 6.26 Å². The lowest BCUT2D eigenvalue weighted by molar-refractivity contribution is -0.139. The molecule has 0 aliphatic carbocycles. The van der Waals surface area contributed by atoms with E-state index in [1.54, 1.807) is 12.1 Å². The zero-order chi connectivity index (χ0) is 14.3. The lowest BCUT2D eigenvalue weighted by Gasteiger charge is -2.13. The normalized spacial score (nSPS) is 11.6. The number of carboxylic acid groups (broad SMARTS) is 1. The molecule has 104 valence electrons. The van der Waals surface area contributed by atoms with Crippen LogP contribution in [0.4, 0.5) is 4.79 Å². The summed E-state index contributed by atoms with van der Waals surface area (Å²) in [5, 5.41) is 13.5. The molecule has 3 amide bonds. The first-order valence-corrected chi connectivity index (χ1v) is 5.57. The molecule has 0 saturated heterocycles. The molecule has 0 aromatic carbocycles. The summed E-state index contributed by atoms with van der Waals surface area (Å²) in [5.74, 6) is -1.31. The number of hydrogen-bond acceptors (Lipinski definition) is 4. The van der Waals surface area contributed by atoms with Crippen molar-refractivity contribution < 1.29 is 23.9 Å². The van der Waals surface area contributed by atoms with Crippen molar-refractivity contribution in [1.82, 2.24) is 10.6 Å². The van der Waals surface area contributed by atoms with Crippen molar-refractivity contribution in [3.63, 3.8) is 0 Å². The molecular formula is C11H15N3O5. The zero-order valence-corrected chi connectivity index (χ0v) is 10.1. The van der Waals surface area contributed by atoms with E-state index >= 15 is 0 Å². The van der Waals surface area contributed by atoms with Crippen LogP contribution >= 0.6 is 0 Å². The van der Waals surface area contributed by atoms with Crippen molar-refractivity contribution >= 4 is 17.9 Å². The van der Waals surface area contributed by atoms with Gasteiger partial charge in [0.15, 0.2) is 0 Å². The highest BCUT2D eigenvalue weighted by Gasteiger charge is 2.20. The number of rotatable bonds is 7. The van der Waals surface area contributed by atoms with Gasteiger partial charge in [-0.2, -0.15) is 0 Å². The number of hydrogen-bond donors (Lipinski definition) is 4. The van der Waals surface area contributed by atoms with Gasteiger partial charge >= 0.3 is 12.0 Å². The topological polar surface area (TPSA) is 135 Å². The van der Waals surface area contributed by atoms with E-state index in [9.17, 15) is 14.4 Å². The Labute approximate surface area is 108 Å². The van der Waals surface area contributed by atoms with Gasteiger partial charge in [0.25, 0.3) is 0 Å². The van der Waals surface area contributed by atoms with Gasteiger partial charge in [0.1, 0.15) is 11.8 Å². The second-order valence-corrected chi connectivity index (χ2v) is 3.80. The first-order valence-electron chi connectivity index (χ1n) is 5.57. The molecule has 1 aromatic rings. The number of carbonyl (C=O) groups is 3. The van der Waals surface area contributed by atoms with Gasteiger partial charge in [-0.15, -0.1) is 0 Å². The van der Waals surface area contributed by atoms with Crippen LogP contribution in [0.2, 0.25) is 0 Å². The molecule has 1 heterocycles. The molecule has 1 atom stereocenters. The molecule has 5 N–H and O–H groups in total. The number of urea groups is 1. The minimum atomic E-state index is -1.23. The molecule has 8 heteroatoms. The van der Waals surface area contributed by atoms with Crippen LogP contribution in [0.15, 0.2) is 22.8 Å². The van der Waals surface area contributed by atoms with Crippen LogP contribution in [0, 0.1) is 0 Å². The smallest absolute Gasteiger partial charge is 0.326 e. The molecule has 1 aromatic heterocycles. The predicted molar refractivity (Wildman–Crippen MR) is 63.9 cm³/mol. The molecule has 0 fully saturated rings. The van der Waals surface area contributed by atoms with E-state index < -0.39 is 23.9 Å². The minimum absolute atomic E-state index is 0.0567. The van der Waals surface area contributed by atoms with Gasteiger partial charge in [0.2, 0.25) is 5.91 Å². The van der Waals surface area contributed by atoms with Crippen molar-refractivity contribution in [3.8, 4) is 0 Å². The highest BCUT2D eigenvalue weighted by molar-refractivity contribution is 5.83. The number of amides is 3. The molecule has 1 unspecified atom stereocenters. The van der Waals surface area contributed by atoms with Crippen molar-refractivity contribution in [1.29, 1.82) is 0 Å². The third-order valence-electron chi connectivity index (χ3n) is 2.29. The standard InChI is InChI=1S/C11H15N3O5/c12-9(15)4-3-8(10(16)17)14-11(18)13-6-7-2-1-5-19-7/h1-2,5,8H,3-4,6H2,(H2,12,15)(H,16,17)(H2,13,14,18). The molecule has 8 nitrogen and oxygen atoms in total. The van der Waals surface area contributed by atoms with Crippen LogP contribution in [-0.4, -0.2) is 29.1 Å². The average Bonchev–Trinajstić information content (AvgIpc) is 2.84. The average molecular weight is 269 g/mol. The van der Waals surface area contributed by atoms with E-state index in [4.69, 9.17) is 15.3 Å². The van der Waals surface area contributed by atoms with Gasteiger partial charge in [-0.25, -0.2) is 9.59 Å². The predicted octanol–water partition coefficient (Wildman–Crippen LogP) is -0.202. The minimum Gasteiger partial charge on any atom is -0.480 e. The number of aliphatic carboxylic acids is 1. The highest BCUT2D eigenvalue weighted by Crippen LogP contribution is 2.00. The van der Waals surface area contributed by atoms with E-state index in [0.29, 0.717) is 5.76 Å². The Morgan fingerprint density at radius 1 is 1.42 bits per heavy atom. The SMILES string of the molecule is NC(=O)CCC(NC(=O)NCc1ccco1)C(=O)O. The Kier molecular flexibility index (Phi) is 5.39. The molecule has 1 rings (SSSR count). The Hall–Kier alpha value is -2.51. The maximum atomic E-state index is 11.5. The zero-order valence-electron chi connectivity index (χ0n) is 10.1. The number of nitrogens with two attached hydrogens (primary N) is 1. The molecule has 0 radical (unpaired) electrons. The van der Waals surface area contributed by atoms with Crippen LogP contribution in [0.25, 0.3) is 0 Å². The summed E-state index contributed by atoms with van der Waals surface area (Å²) in [5.41, 5.74) is 4.92. The van der Waals surface area contributed by atoms with Crippen molar-refractivity contribution in [2.75, 3.05) is 0 Å². The monoisotopic (exact) mass is 269 g/mol. The van der Waals surface area contributed by atoms with Crippen molar-refractivity contribution in [2.45, 2.75) is 25.4 Å². The number of carboxylic acids is 1. The number of primary amides is 1. The van der Waals surface area contributed by atoms with Crippen molar-refractivity contribution in [2.24, 2.45) is 5.73 Å². The maximum Gasteiger partial charge on any atom is 0.326 e. The molecular weight excluding hydrogens is 254 g/mol. The van der Waals surface area contributed by atoms with E-state index in [1.807, 2.05) is 0 Å². The van der Waals surface area contributed by atoms with E-state index in [-0.39, 0.29) is 19.4 Å². The molecule has 19 heavy (non-hydrogen) atoms. The molecule has 0 saturated carbocycles. The van der Waals surface area contributed by atoms with Crippen LogP contribution in [-0.2, 0) is 16.1 Å². The third kappa shape index (κ3) is 5.57. The van der Waals surface area contributed by atoms with Crippen LogP contribution in [0.3, 0.4) is 0 Å². The summed E-state index contributed by atoms with van der Waals surface area (Å²) >= 11 is 0. The quantitative estimate of drug-likeness (QED) is 0.543. The summed E-state index contributed by atoms with van der Waals surface area (Å²) < 4.78 is 5.00. The Morgan fingerprint density at radius 2 is 2.16 bits per heavy atom. The summed E-state index contributed by atoms with van der Waals surface area (Å²) in [6.45, 7) is 0.140. The molecule has 0 bridgehead atoms. The second-order valence-electron chi connectivity index (χ2n) is 3.80. The molecule has 0 aliphatic rings. The third-order valence-corrected chi connectivity index (χ3v) is 2.29. The Bertz CT molecular complexity index is 443. The first-order chi connectivity index (χ1) is 8.99. The van der Waals surface area contributed by atoms with Gasteiger partial charge in [0, 0.05) is 6.42 Å². The number of carbonyl (C=O) groups excluding carboxylic acids is 2. The van der Waals surface area contributed by atoms with Gasteiger partial charge in [0.05, 0.1) is 12.8 Å². The summed E-state index contributed by atoms with van der Waals surface area (Å²) in [6, 6.07) is 1.52. The van der Waals surface area contributed by atoms with Gasteiger partial charge in [-0.1, -0.05) is 0 Å². The number of nitrogens with one attached hydrogen (secondary N) is 2. The highest BCUT2D eigenvalue weighted by atomic mass is 16.4. The largest absolute Gasteiger partial charge is 0.480 e. The summed E-state index contributed by atoms with van der Waals surface area (Å²) in [4.78, 5) is 32.9. The van der Waals surface area contributed by atoms with Crippen molar-refractivity contribution in [3.05, 3.63) is 24.2 Å². The summed E-state index contributed by atoms with van der Waals surface area (Å²) in [7, 11) is 0. The van der Waals surface area contributed by atoms with Crippen LogP contribution in [0.1, 0.15) is 18.6 Å². The Morgan fingerprint density at radius 3 is 2.68 bits per heavy atom. The first kappa shape index (κ1) is 14.6. The molecule has 0 spiro atoms. The number of furan rings is 1. The van der Waals surface area contributed by atoms with Gasteiger partial charge < -0.3 is 25.9 Å². The van der Waals surface area contributed by atoms with Gasteiger partial charge in [-0.05, 0) is 18.6 Å². The Balaban J connectivity index is 2.38. The van der Waals surface area contributed by atoms with Gasteiger partial charge in [-0.3, -0.25) is 4.79 Å². The second kappa shape index (κ2) is 7.04. The maximum absolute atomic E-state index is 11.5.